The van der Waals surface area contributed by atoms with Crippen LogP contribution in [0.5, 0.6) is 0 Å². The summed E-state index contributed by atoms with van der Waals surface area (Å²) in [5.41, 5.74) is 0.689. The molecular formula is C17H18ClN3O2S. The van der Waals surface area contributed by atoms with Crippen molar-refractivity contribution >= 4 is 29.3 Å². The highest BCUT2D eigenvalue weighted by molar-refractivity contribution is 7.99. The Hall–Kier alpha value is -1.50. The van der Waals surface area contributed by atoms with Gasteiger partial charge < -0.3 is 14.7 Å². The van der Waals surface area contributed by atoms with Gasteiger partial charge in [0.15, 0.2) is 0 Å². The Morgan fingerprint density at radius 3 is 2.62 bits per heavy atom. The minimum Gasteiger partial charge on any atom is -0.348 e. The van der Waals surface area contributed by atoms with Gasteiger partial charge in [-0.25, -0.2) is 0 Å². The largest absolute Gasteiger partial charge is 0.348 e. The van der Waals surface area contributed by atoms with E-state index in [0.717, 1.165) is 11.4 Å². The fraction of sp³-hybridized carbons (Fsp3) is 0.412. The van der Waals surface area contributed by atoms with Crippen LogP contribution in [0.3, 0.4) is 0 Å². The molecule has 3 fully saturated rings. The molecule has 7 heteroatoms. The Morgan fingerprint density at radius 1 is 1.29 bits per heavy atom. The number of carbonyl (C=O) groups excluding carboxylic acids is 1. The third kappa shape index (κ3) is 3.45. The number of carbonyl (C=O) groups is 1. The van der Waals surface area contributed by atoms with Gasteiger partial charge >= 0.3 is 0 Å². The highest BCUT2D eigenvalue weighted by Crippen LogP contribution is 2.29. The van der Waals surface area contributed by atoms with Crippen LogP contribution < -0.4 is 5.32 Å². The maximum atomic E-state index is 12.5. The first-order chi connectivity index (χ1) is 11.7. The van der Waals surface area contributed by atoms with Crippen LogP contribution in [0.2, 0.25) is 5.22 Å². The Balaban J connectivity index is 1.38. The molecule has 5 rings (SSSR count). The van der Waals surface area contributed by atoms with Crippen molar-refractivity contribution in [2.24, 2.45) is 5.92 Å². The molecule has 2 aromatic rings. The van der Waals surface area contributed by atoms with Crippen molar-refractivity contribution < 1.29 is 9.32 Å². The van der Waals surface area contributed by atoms with E-state index in [4.69, 9.17) is 16.1 Å². The molecule has 0 unspecified atom stereocenters. The van der Waals surface area contributed by atoms with Crippen molar-refractivity contribution in [3.63, 3.8) is 0 Å². The molecule has 3 saturated heterocycles. The molecule has 24 heavy (non-hydrogen) atoms. The molecular weight excluding hydrogens is 346 g/mol. The van der Waals surface area contributed by atoms with Crippen molar-refractivity contribution in [1.82, 2.24) is 15.4 Å². The molecule has 1 aromatic carbocycles. The van der Waals surface area contributed by atoms with Crippen LogP contribution in [0, 0.1) is 5.92 Å². The van der Waals surface area contributed by atoms with Crippen LogP contribution >= 0.6 is 23.4 Å². The molecule has 3 aliphatic heterocycles. The molecule has 2 bridgehead atoms. The van der Waals surface area contributed by atoms with Gasteiger partial charge in [0.05, 0.1) is 0 Å². The number of hydrogen-bond acceptors (Lipinski definition) is 5. The van der Waals surface area contributed by atoms with Gasteiger partial charge in [0.1, 0.15) is 5.03 Å². The zero-order valence-corrected chi connectivity index (χ0v) is 14.6. The van der Waals surface area contributed by atoms with Crippen LogP contribution in [0.1, 0.15) is 23.2 Å². The Labute approximate surface area is 149 Å². The first-order valence-corrected chi connectivity index (χ1v) is 9.30. The lowest BCUT2D eigenvalue weighted by Crippen LogP contribution is -2.57. The Kier molecular flexibility index (Phi) is 4.52. The topological polar surface area (TPSA) is 58.4 Å². The summed E-state index contributed by atoms with van der Waals surface area (Å²) in [6.45, 7) is 3.33. The van der Waals surface area contributed by atoms with E-state index in [2.05, 4.69) is 15.4 Å². The maximum absolute atomic E-state index is 12.5. The second-order valence-corrected chi connectivity index (χ2v) is 7.78. The number of amides is 1. The summed E-state index contributed by atoms with van der Waals surface area (Å²) >= 11 is 7.16. The fourth-order valence-electron chi connectivity index (χ4n) is 3.46. The monoisotopic (exact) mass is 363 g/mol. The lowest BCUT2D eigenvalue weighted by molar-refractivity contribution is 0.0620. The molecule has 1 atom stereocenters. The van der Waals surface area contributed by atoms with Gasteiger partial charge in [0.25, 0.3) is 5.91 Å². The molecule has 126 valence electrons. The van der Waals surface area contributed by atoms with Gasteiger partial charge in [-0.3, -0.25) is 4.79 Å². The zero-order chi connectivity index (χ0) is 16.5. The fourth-order valence-corrected chi connectivity index (χ4v) is 4.42. The van der Waals surface area contributed by atoms with Gasteiger partial charge in [-0.2, -0.15) is 0 Å². The maximum Gasteiger partial charge on any atom is 0.251 e. The average molecular weight is 364 g/mol. The van der Waals surface area contributed by atoms with E-state index in [1.807, 2.05) is 24.3 Å². The van der Waals surface area contributed by atoms with E-state index in [-0.39, 0.29) is 17.2 Å². The van der Waals surface area contributed by atoms with Gasteiger partial charge in [-0.05, 0) is 67.7 Å². The number of halogens is 1. The number of aromatic nitrogens is 1. The summed E-state index contributed by atoms with van der Waals surface area (Å²) in [5, 5.41) is 8.01. The van der Waals surface area contributed by atoms with Gasteiger partial charge in [0.2, 0.25) is 5.22 Å². The molecule has 1 aromatic heterocycles. The van der Waals surface area contributed by atoms with Gasteiger partial charge in [-0.1, -0.05) is 16.9 Å². The predicted molar refractivity (Wildman–Crippen MR) is 92.5 cm³/mol. The van der Waals surface area contributed by atoms with Gasteiger partial charge in [0, 0.05) is 29.1 Å². The SMILES string of the molecule is O=C(N[C@H]1CN2CCC1CC2)c1ccc(Sc2cc(Cl)on2)cc1. The van der Waals surface area contributed by atoms with Crippen LogP contribution in [0.4, 0.5) is 0 Å². The molecule has 5 nitrogen and oxygen atoms in total. The normalized spacial score (nSPS) is 25.6. The van der Waals surface area contributed by atoms with Gasteiger partial charge in [-0.15, -0.1) is 0 Å². The standard InChI is InChI=1S/C17H18ClN3O2S/c18-15-9-16(20-23-15)24-13-3-1-12(2-4-13)17(22)19-14-10-21-7-5-11(14)6-8-21/h1-4,9,11,14H,5-8,10H2,(H,19,22)/t14-/m0/s1. The number of nitrogens with one attached hydrogen (secondary N) is 1. The third-order valence-corrected chi connectivity index (χ3v) is 5.86. The van der Waals surface area contributed by atoms with E-state index in [9.17, 15) is 4.79 Å². The van der Waals surface area contributed by atoms with Crippen molar-refractivity contribution in [2.75, 3.05) is 19.6 Å². The summed E-state index contributed by atoms with van der Waals surface area (Å²) < 4.78 is 4.83. The van der Waals surface area contributed by atoms with Crippen LogP contribution in [-0.4, -0.2) is 41.6 Å². The molecule has 4 heterocycles. The number of fused-ring (bicyclic) bond motifs is 3. The highest BCUT2D eigenvalue weighted by atomic mass is 35.5. The zero-order valence-electron chi connectivity index (χ0n) is 13.1. The summed E-state index contributed by atoms with van der Waals surface area (Å²) in [5.74, 6) is 0.639. The van der Waals surface area contributed by atoms with E-state index < -0.39 is 0 Å². The number of nitrogens with zero attached hydrogens (tertiary/aromatic N) is 2. The highest BCUT2D eigenvalue weighted by Gasteiger charge is 2.34. The minimum absolute atomic E-state index is 0.00906. The smallest absolute Gasteiger partial charge is 0.251 e. The Bertz CT molecular complexity index is 726. The van der Waals surface area contributed by atoms with E-state index >= 15 is 0 Å². The number of benzene rings is 1. The molecule has 3 aliphatic rings. The van der Waals surface area contributed by atoms with Crippen LogP contribution in [0.25, 0.3) is 0 Å². The predicted octanol–water partition coefficient (Wildman–Crippen LogP) is 3.30. The second kappa shape index (κ2) is 6.78. The Morgan fingerprint density at radius 2 is 2.04 bits per heavy atom. The van der Waals surface area contributed by atoms with Crippen molar-refractivity contribution in [3.05, 3.63) is 41.1 Å². The molecule has 0 aliphatic carbocycles. The number of hydrogen-bond donors (Lipinski definition) is 1. The molecule has 0 radical (unpaired) electrons. The van der Waals surface area contributed by atoms with E-state index in [1.165, 1.54) is 37.7 Å². The summed E-state index contributed by atoms with van der Waals surface area (Å²) in [6.07, 6.45) is 2.39. The second-order valence-electron chi connectivity index (χ2n) is 6.31. The summed E-state index contributed by atoms with van der Waals surface area (Å²) in [7, 11) is 0. The summed E-state index contributed by atoms with van der Waals surface area (Å²) in [6, 6.07) is 9.48. The molecule has 0 spiro atoms. The number of piperidine rings is 3. The molecule has 1 N–H and O–H groups in total. The van der Waals surface area contributed by atoms with Crippen molar-refractivity contribution in [1.29, 1.82) is 0 Å². The first kappa shape index (κ1) is 16.0. The molecule has 0 saturated carbocycles. The van der Waals surface area contributed by atoms with E-state index in [1.54, 1.807) is 6.07 Å². The minimum atomic E-state index is 0.00906. The quantitative estimate of drug-likeness (QED) is 0.903. The molecule has 1 amide bonds. The van der Waals surface area contributed by atoms with Crippen LogP contribution in [-0.2, 0) is 0 Å². The lowest BCUT2D eigenvalue weighted by Gasteiger charge is -2.44. The van der Waals surface area contributed by atoms with Crippen LogP contribution in [0.15, 0.2) is 44.8 Å². The number of rotatable bonds is 4. The lowest BCUT2D eigenvalue weighted by atomic mass is 9.84. The average Bonchev–Trinajstić information content (AvgIpc) is 3.01. The third-order valence-electron chi connectivity index (χ3n) is 4.77. The van der Waals surface area contributed by atoms with E-state index in [0.29, 0.717) is 16.5 Å². The summed E-state index contributed by atoms with van der Waals surface area (Å²) in [4.78, 5) is 15.9. The van der Waals surface area contributed by atoms with Crippen molar-refractivity contribution in [2.45, 2.75) is 28.8 Å². The first-order valence-electron chi connectivity index (χ1n) is 8.11. The van der Waals surface area contributed by atoms with Crippen molar-refractivity contribution in [3.8, 4) is 0 Å².